The van der Waals surface area contributed by atoms with Crippen molar-refractivity contribution in [2.24, 2.45) is 5.16 Å². The summed E-state index contributed by atoms with van der Waals surface area (Å²) >= 11 is 1.52. The molecule has 3 aromatic rings. The Morgan fingerprint density at radius 2 is 1.94 bits per heavy atom. The number of hydrogen-bond acceptors (Lipinski definition) is 9. The molecule has 2 aliphatic heterocycles. The number of amides is 1. The SMILES string of the molecule is COc1cc(OCC(=O)N2CCC(c3nc(C4=NOC(c5c(F)cccc5F)C4)cs3)CC2)ncn1. The van der Waals surface area contributed by atoms with Crippen LogP contribution in [0.5, 0.6) is 11.8 Å². The van der Waals surface area contributed by atoms with E-state index in [2.05, 4.69) is 15.1 Å². The number of carbonyl (C=O) groups is 1. The average Bonchev–Trinajstić information content (AvgIpc) is 3.58. The van der Waals surface area contributed by atoms with Gasteiger partial charge in [-0.1, -0.05) is 11.2 Å². The highest BCUT2D eigenvalue weighted by Crippen LogP contribution is 2.35. The molecule has 5 rings (SSSR count). The van der Waals surface area contributed by atoms with Crippen molar-refractivity contribution in [2.75, 3.05) is 26.8 Å². The van der Waals surface area contributed by atoms with Crippen molar-refractivity contribution in [3.8, 4) is 11.8 Å². The smallest absolute Gasteiger partial charge is 0.260 e. The predicted molar refractivity (Wildman–Crippen MR) is 126 cm³/mol. The van der Waals surface area contributed by atoms with Crippen LogP contribution in [0.4, 0.5) is 8.78 Å². The maximum absolute atomic E-state index is 14.1. The van der Waals surface area contributed by atoms with Gasteiger partial charge in [0.2, 0.25) is 11.8 Å². The van der Waals surface area contributed by atoms with Gasteiger partial charge in [-0.15, -0.1) is 11.3 Å². The number of benzene rings is 1. The molecule has 9 nitrogen and oxygen atoms in total. The number of thiazole rings is 1. The van der Waals surface area contributed by atoms with Crippen molar-refractivity contribution in [1.82, 2.24) is 19.9 Å². The fourth-order valence-corrected chi connectivity index (χ4v) is 5.23. The van der Waals surface area contributed by atoms with E-state index in [1.165, 1.54) is 49.0 Å². The molecule has 1 aromatic carbocycles. The van der Waals surface area contributed by atoms with E-state index >= 15 is 0 Å². The summed E-state index contributed by atoms with van der Waals surface area (Å²) in [5, 5.41) is 6.88. The molecule has 4 heterocycles. The standard InChI is InChI=1S/C24H23F2N5O4S/c1-33-20-10-21(28-13-27-20)34-11-22(32)31-7-5-14(6-8-31)24-29-18(12-36-24)17-9-19(35-30-17)23-15(25)3-2-4-16(23)26/h2-4,10,12-14,19H,5-9,11H2,1H3. The third-order valence-electron chi connectivity index (χ3n) is 6.17. The number of aromatic nitrogens is 3. The molecule has 2 aliphatic rings. The Kier molecular flexibility index (Phi) is 7.03. The first-order valence-corrected chi connectivity index (χ1v) is 12.3. The molecule has 2 aromatic heterocycles. The Bertz CT molecular complexity index is 1260. The lowest BCUT2D eigenvalue weighted by molar-refractivity contribution is -0.134. The van der Waals surface area contributed by atoms with Gasteiger partial charge in [0.1, 0.15) is 23.7 Å². The number of carbonyl (C=O) groups excluding carboxylic acids is 1. The van der Waals surface area contributed by atoms with Crippen molar-refractivity contribution in [1.29, 1.82) is 0 Å². The third-order valence-corrected chi connectivity index (χ3v) is 7.18. The van der Waals surface area contributed by atoms with Crippen molar-refractivity contribution in [2.45, 2.75) is 31.3 Å². The molecule has 0 saturated carbocycles. The van der Waals surface area contributed by atoms with Gasteiger partial charge in [0.25, 0.3) is 5.91 Å². The second kappa shape index (κ2) is 10.5. The molecule has 1 atom stereocenters. The first kappa shape index (κ1) is 24.0. The summed E-state index contributed by atoms with van der Waals surface area (Å²) < 4.78 is 38.7. The number of ether oxygens (including phenoxy) is 2. The van der Waals surface area contributed by atoms with E-state index in [-0.39, 0.29) is 36.3 Å². The first-order valence-electron chi connectivity index (χ1n) is 11.4. The van der Waals surface area contributed by atoms with Gasteiger partial charge < -0.3 is 19.2 Å². The van der Waals surface area contributed by atoms with Gasteiger partial charge >= 0.3 is 0 Å². The average molecular weight is 516 g/mol. The molecule has 36 heavy (non-hydrogen) atoms. The van der Waals surface area contributed by atoms with Crippen molar-refractivity contribution < 1.29 is 27.9 Å². The largest absolute Gasteiger partial charge is 0.481 e. The molecule has 188 valence electrons. The summed E-state index contributed by atoms with van der Waals surface area (Å²) in [4.78, 5) is 32.3. The van der Waals surface area contributed by atoms with Gasteiger partial charge in [0.15, 0.2) is 12.7 Å². The first-order chi connectivity index (χ1) is 17.5. The molecule has 0 N–H and O–H groups in total. The molecule has 1 amide bonds. The van der Waals surface area contributed by atoms with Crippen molar-refractivity contribution in [3.63, 3.8) is 0 Å². The van der Waals surface area contributed by atoms with E-state index in [1.54, 1.807) is 4.90 Å². The summed E-state index contributed by atoms with van der Waals surface area (Å²) in [7, 11) is 1.49. The third kappa shape index (κ3) is 5.13. The maximum Gasteiger partial charge on any atom is 0.260 e. The summed E-state index contributed by atoms with van der Waals surface area (Å²) in [6.07, 6.45) is 2.28. The molecule has 1 fully saturated rings. The van der Waals surface area contributed by atoms with E-state index in [1.807, 2.05) is 5.38 Å². The number of piperidine rings is 1. The summed E-state index contributed by atoms with van der Waals surface area (Å²) in [6, 6.07) is 5.25. The summed E-state index contributed by atoms with van der Waals surface area (Å²) in [5.41, 5.74) is 1.10. The quantitative estimate of drug-likeness (QED) is 0.471. The monoisotopic (exact) mass is 515 g/mol. The Hall–Kier alpha value is -3.67. The van der Waals surface area contributed by atoms with E-state index in [9.17, 15) is 13.6 Å². The number of oxime groups is 1. The predicted octanol–water partition coefficient (Wildman–Crippen LogP) is 3.87. The van der Waals surface area contributed by atoms with Gasteiger partial charge in [0, 0.05) is 30.8 Å². The number of halogens is 2. The van der Waals surface area contributed by atoms with Crippen molar-refractivity contribution in [3.05, 3.63) is 63.9 Å². The number of methoxy groups -OCH3 is 1. The van der Waals surface area contributed by atoms with Crippen LogP contribution in [-0.4, -0.2) is 58.3 Å². The number of rotatable bonds is 7. The van der Waals surface area contributed by atoms with E-state index in [0.29, 0.717) is 30.4 Å². The van der Waals surface area contributed by atoms with Crippen LogP contribution in [0.15, 0.2) is 41.1 Å². The van der Waals surface area contributed by atoms with E-state index in [0.717, 1.165) is 17.8 Å². The van der Waals surface area contributed by atoms with Crippen LogP contribution in [0.1, 0.15) is 47.5 Å². The van der Waals surface area contributed by atoms with E-state index in [4.69, 9.17) is 19.3 Å². The zero-order valence-corrected chi connectivity index (χ0v) is 20.2. The zero-order chi connectivity index (χ0) is 25.1. The molecule has 0 radical (unpaired) electrons. The lowest BCUT2D eigenvalue weighted by Gasteiger charge is -2.31. The molecule has 1 unspecified atom stereocenters. The molecular formula is C24H23F2N5O4S. The normalized spacial score (nSPS) is 18.0. The van der Waals surface area contributed by atoms with Crippen molar-refractivity contribution >= 4 is 23.0 Å². The lowest BCUT2D eigenvalue weighted by atomic mass is 9.97. The summed E-state index contributed by atoms with van der Waals surface area (Å²) in [6.45, 7) is 1.07. The van der Waals surface area contributed by atoms with Gasteiger partial charge in [0.05, 0.1) is 29.4 Å². The maximum atomic E-state index is 14.1. The molecule has 1 saturated heterocycles. The van der Waals surface area contributed by atoms with Gasteiger partial charge in [-0.3, -0.25) is 4.79 Å². The minimum atomic E-state index is -0.814. The zero-order valence-electron chi connectivity index (χ0n) is 19.4. The van der Waals surface area contributed by atoms with Crippen LogP contribution in [0.3, 0.4) is 0 Å². The van der Waals surface area contributed by atoms with E-state index < -0.39 is 17.7 Å². The fraction of sp³-hybridized carbons (Fsp3) is 0.375. The summed E-state index contributed by atoms with van der Waals surface area (Å²) in [5.74, 6) is -0.574. The highest BCUT2D eigenvalue weighted by molar-refractivity contribution is 7.10. The van der Waals surface area contributed by atoms with Crippen LogP contribution in [0.2, 0.25) is 0 Å². The molecule has 0 spiro atoms. The van der Waals surface area contributed by atoms with Crippen LogP contribution in [0, 0.1) is 11.6 Å². The van der Waals surface area contributed by atoms with Crippen LogP contribution >= 0.6 is 11.3 Å². The Morgan fingerprint density at radius 3 is 2.69 bits per heavy atom. The lowest BCUT2D eigenvalue weighted by Crippen LogP contribution is -2.40. The number of likely N-dealkylation sites (tertiary alicyclic amines) is 1. The highest BCUT2D eigenvalue weighted by atomic mass is 32.1. The minimum Gasteiger partial charge on any atom is -0.481 e. The highest BCUT2D eigenvalue weighted by Gasteiger charge is 2.31. The van der Waals surface area contributed by atoms with Crippen LogP contribution in [0.25, 0.3) is 0 Å². The van der Waals surface area contributed by atoms with Gasteiger partial charge in [-0.05, 0) is 25.0 Å². The number of nitrogens with zero attached hydrogens (tertiary/aromatic N) is 5. The Labute approximate surface area is 209 Å². The molecule has 0 aliphatic carbocycles. The second-order valence-corrected chi connectivity index (χ2v) is 9.27. The fourth-order valence-electron chi connectivity index (χ4n) is 4.23. The van der Waals surface area contributed by atoms with Crippen LogP contribution in [-0.2, 0) is 9.63 Å². The second-order valence-electron chi connectivity index (χ2n) is 8.38. The van der Waals surface area contributed by atoms with Crippen LogP contribution < -0.4 is 9.47 Å². The Balaban J connectivity index is 1.13. The molecular weight excluding hydrogens is 492 g/mol. The number of hydrogen-bond donors (Lipinski definition) is 0. The molecule has 12 heteroatoms. The topological polar surface area (TPSA) is 99.0 Å². The van der Waals surface area contributed by atoms with Gasteiger partial charge in [-0.25, -0.2) is 23.7 Å². The molecule has 0 bridgehead atoms. The van der Waals surface area contributed by atoms with Gasteiger partial charge in [-0.2, -0.15) is 0 Å². The minimum absolute atomic E-state index is 0.115. The Morgan fingerprint density at radius 1 is 1.19 bits per heavy atom.